The van der Waals surface area contributed by atoms with E-state index in [0.717, 1.165) is 37.8 Å². The summed E-state index contributed by atoms with van der Waals surface area (Å²) in [5.41, 5.74) is -0.782. The SMILES string of the molecule is CC1CCCC(NC(=O)c2cc(C(F)(F)F)ccc2Br)C1. The van der Waals surface area contributed by atoms with Crippen molar-refractivity contribution in [2.75, 3.05) is 0 Å². The number of carbonyl (C=O) groups excluding carboxylic acids is 1. The Morgan fingerprint density at radius 2 is 2.05 bits per heavy atom. The van der Waals surface area contributed by atoms with Gasteiger partial charge in [0.05, 0.1) is 11.1 Å². The summed E-state index contributed by atoms with van der Waals surface area (Å²) in [5.74, 6) is 0.0843. The maximum atomic E-state index is 12.7. The van der Waals surface area contributed by atoms with Crippen molar-refractivity contribution in [1.29, 1.82) is 0 Å². The van der Waals surface area contributed by atoms with Crippen LogP contribution in [0, 0.1) is 5.92 Å². The fourth-order valence-electron chi connectivity index (χ4n) is 2.70. The lowest BCUT2D eigenvalue weighted by Gasteiger charge is -2.27. The van der Waals surface area contributed by atoms with Gasteiger partial charge in [-0.3, -0.25) is 4.79 Å². The highest BCUT2D eigenvalue weighted by molar-refractivity contribution is 9.10. The first-order valence-electron chi connectivity index (χ1n) is 6.95. The normalized spacial score (nSPS) is 22.9. The molecule has 1 aromatic carbocycles. The summed E-state index contributed by atoms with van der Waals surface area (Å²) in [6.45, 7) is 2.12. The third-order valence-electron chi connectivity index (χ3n) is 3.81. The van der Waals surface area contributed by atoms with E-state index in [1.54, 1.807) is 0 Å². The molecule has 0 spiro atoms. The van der Waals surface area contributed by atoms with E-state index < -0.39 is 17.6 Å². The molecular weight excluding hydrogens is 347 g/mol. The minimum atomic E-state index is -4.45. The Hall–Kier alpha value is -1.04. The van der Waals surface area contributed by atoms with Crippen molar-refractivity contribution in [1.82, 2.24) is 5.32 Å². The Labute approximate surface area is 130 Å². The molecule has 1 amide bonds. The predicted molar refractivity (Wildman–Crippen MR) is 78.0 cm³/mol. The van der Waals surface area contributed by atoms with E-state index >= 15 is 0 Å². The van der Waals surface area contributed by atoms with Crippen molar-refractivity contribution in [3.05, 3.63) is 33.8 Å². The van der Waals surface area contributed by atoms with E-state index in [1.807, 2.05) is 0 Å². The lowest BCUT2D eigenvalue weighted by atomic mass is 9.87. The summed E-state index contributed by atoms with van der Waals surface area (Å²) in [5, 5.41) is 2.85. The largest absolute Gasteiger partial charge is 0.416 e. The average Bonchev–Trinajstić information content (AvgIpc) is 2.37. The number of amides is 1. The number of halogens is 4. The van der Waals surface area contributed by atoms with E-state index in [1.165, 1.54) is 6.07 Å². The van der Waals surface area contributed by atoms with Gasteiger partial charge in [-0.2, -0.15) is 13.2 Å². The van der Waals surface area contributed by atoms with Crippen LogP contribution in [0.3, 0.4) is 0 Å². The van der Waals surface area contributed by atoms with Crippen LogP contribution in [0.25, 0.3) is 0 Å². The summed E-state index contributed by atoms with van der Waals surface area (Å²) >= 11 is 3.15. The van der Waals surface area contributed by atoms with Gasteiger partial charge in [-0.25, -0.2) is 0 Å². The lowest BCUT2D eigenvalue weighted by molar-refractivity contribution is -0.137. The number of rotatable bonds is 2. The molecular formula is C15H17BrF3NO. The van der Waals surface area contributed by atoms with Gasteiger partial charge in [0.2, 0.25) is 0 Å². The highest BCUT2D eigenvalue weighted by Crippen LogP contribution is 2.32. The van der Waals surface area contributed by atoms with Crippen LogP contribution in [0.2, 0.25) is 0 Å². The van der Waals surface area contributed by atoms with Crippen LogP contribution in [0.1, 0.15) is 48.5 Å². The second kappa shape index (κ2) is 6.38. The van der Waals surface area contributed by atoms with Crippen molar-refractivity contribution in [3.63, 3.8) is 0 Å². The molecule has 2 atom stereocenters. The van der Waals surface area contributed by atoms with E-state index in [0.29, 0.717) is 10.4 Å². The van der Waals surface area contributed by atoms with Crippen molar-refractivity contribution in [2.45, 2.75) is 44.8 Å². The molecule has 6 heteroatoms. The Morgan fingerprint density at radius 1 is 1.33 bits per heavy atom. The molecule has 2 nitrogen and oxygen atoms in total. The quantitative estimate of drug-likeness (QED) is 0.804. The van der Waals surface area contributed by atoms with Gasteiger partial charge in [0.15, 0.2) is 0 Å². The van der Waals surface area contributed by atoms with Crippen molar-refractivity contribution < 1.29 is 18.0 Å². The van der Waals surface area contributed by atoms with Gasteiger partial charge in [0, 0.05) is 10.5 Å². The lowest BCUT2D eigenvalue weighted by Crippen LogP contribution is -2.38. The average molecular weight is 364 g/mol. The maximum Gasteiger partial charge on any atom is 0.416 e. The van der Waals surface area contributed by atoms with Gasteiger partial charge in [-0.05, 0) is 52.9 Å². The summed E-state index contributed by atoms with van der Waals surface area (Å²) in [6, 6.07) is 3.17. The second-order valence-electron chi connectivity index (χ2n) is 5.63. The highest BCUT2D eigenvalue weighted by Gasteiger charge is 2.32. The molecule has 0 bridgehead atoms. The first-order chi connectivity index (χ1) is 9.77. The summed E-state index contributed by atoms with van der Waals surface area (Å²) in [7, 11) is 0. The van der Waals surface area contributed by atoms with Crippen molar-refractivity contribution >= 4 is 21.8 Å². The van der Waals surface area contributed by atoms with Gasteiger partial charge >= 0.3 is 6.18 Å². The molecule has 1 N–H and O–H groups in total. The molecule has 2 rings (SSSR count). The molecule has 1 aromatic rings. The molecule has 0 heterocycles. The molecule has 21 heavy (non-hydrogen) atoms. The van der Waals surface area contributed by atoms with Gasteiger partial charge < -0.3 is 5.32 Å². The van der Waals surface area contributed by atoms with Crippen LogP contribution in [0.5, 0.6) is 0 Å². The molecule has 0 saturated heterocycles. The third-order valence-corrected chi connectivity index (χ3v) is 4.50. The molecule has 0 aliphatic heterocycles. The summed E-state index contributed by atoms with van der Waals surface area (Å²) in [4.78, 5) is 12.2. The smallest absolute Gasteiger partial charge is 0.349 e. The van der Waals surface area contributed by atoms with Crippen LogP contribution in [-0.4, -0.2) is 11.9 Å². The highest BCUT2D eigenvalue weighted by atomic mass is 79.9. The molecule has 1 saturated carbocycles. The van der Waals surface area contributed by atoms with Gasteiger partial charge in [0.1, 0.15) is 0 Å². The number of carbonyl (C=O) groups is 1. The second-order valence-corrected chi connectivity index (χ2v) is 6.49. The fraction of sp³-hybridized carbons (Fsp3) is 0.533. The first-order valence-corrected chi connectivity index (χ1v) is 7.74. The molecule has 0 aromatic heterocycles. The topological polar surface area (TPSA) is 29.1 Å². The van der Waals surface area contributed by atoms with Crippen LogP contribution in [0.15, 0.2) is 22.7 Å². The molecule has 116 valence electrons. The molecule has 1 fully saturated rings. The van der Waals surface area contributed by atoms with Crippen molar-refractivity contribution in [3.8, 4) is 0 Å². The van der Waals surface area contributed by atoms with Crippen molar-refractivity contribution in [2.24, 2.45) is 5.92 Å². The van der Waals surface area contributed by atoms with Gasteiger partial charge in [-0.15, -0.1) is 0 Å². The number of nitrogens with one attached hydrogen (secondary N) is 1. The number of alkyl halides is 3. The van der Waals surface area contributed by atoms with E-state index in [9.17, 15) is 18.0 Å². The molecule has 1 aliphatic rings. The van der Waals surface area contributed by atoms with Crippen LogP contribution in [0.4, 0.5) is 13.2 Å². The van der Waals surface area contributed by atoms with Gasteiger partial charge in [0.25, 0.3) is 5.91 Å². The van der Waals surface area contributed by atoms with Crippen LogP contribution < -0.4 is 5.32 Å². The summed E-state index contributed by atoms with van der Waals surface area (Å²) < 4.78 is 38.5. The number of hydrogen-bond donors (Lipinski definition) is 1. The predicted octanol–water partition coefficient (Wildman–Crippen LogP) is 4.78. The maximum absolute atomic E-state index is 12.7. The summed E-state index contributed by atoms with van der Waals surface area (Å²) in [6.07, 6.45) is -0.514. The zero-order valence-electron chi connectivity index (χ0n) is 11.6. The van der Waals surface area contributed by atoms with Crippen LogP contribution >= 0.6 is 15.9 Å². The zero-order valence-corrected chi connectivity index (χ0v) is 13.2. The molecule has 2 unspecified atom stereocenters. The first kappa shape index (κ1) is 16.3. The number of benzene rings is 1. The Morgan fingerprint density at radius 3 is 2.67 bits per heavy atom. The van der Waals surface area contributed by atoms with Gasteiger partial charge in [-0.1, -0.05) is 19.8 Å². The zero-order chi connectivity index (χ0) is 15.6. The monoisotopic (exact) mass is 363 g/mol. The minimum Gasteiger partial charge on any atom is -0.349 e. The Balaban J connectivity index is 2.15. The minimum absolute atomic E-state index is 0.0306. The standard InChI is InChI=1S/C15H17BrF3NO/c1-9-3-2-4-11(7-9)20-14(21)12-8-10(15(17,18)19)5-6-13(12)16/h5-6,8-9,11H,2-4,7H2,1H3,(H,20,21). The van der Waals surface area contributed by atoms with E-state index in [4.69, 9.17) is 0 Å². The molecule has 1 aliphatic carbocycles. The fourth-order valence-corrected chi connectivity index (χ4v) is 3.13. The Kier molecular flexibility index (Phi) is 4.96. The van der Waals surface area contributed by atoms with E-state index in [-0.39, 0.29) is 11.6 Å². The van der Waals surface area contributed by atoms with E-state index in [2.05, 4.69) is 28.2 Å². The Bertz CT molecular complexity index is 530. The number of hydrogen-bond acceptors (Lipinski definition) is 1. The van der Waals surface area contributed by atoms with Crippen LogP contribution in [-0.2, 0) is 6.18 Å². The third kappa shape index (κ3) is 4.22. The molecule has 0 radical (unpaired) electrons.